The summed E-state index contributed by atoms with van der Waals surface area (Å²) in [5.74, 6) is 2.46. The second kappa shape index (κ2) is 5.48. The first kappa shape index (κ1) is 13.9. The third-order valence-electron chi connectivity index (χ3n) is 3.52. The fourth-order valence-corrected chi connectivity index (χ4v) is 3.48. The highest BCUT2D eigenvalue weighted by molar-refractivity contribution is 7.18. The van der Waals surface area contributed by atoms with Gasteiger partial charge in [0.05, 0.1) is 5.39 Å². The van der Waals surface area contributed by atoms with Gasteiger partial charge in [-0.3, -0.25) is 4.98 Å². The zero-order valence-corrected chi connectivity index (χ0v) is 13.3. The quantitative estimate of drug-likeness (QED) is 0.620. The number of nitrogen functional groups attached to an aromatic ring is 1. The molecule has 0 spiro atoms. The Morgan fingerprint density at radius 2 is 2.09 bits per heavy atom. The molecule has 2 N–H and O–H groups in total. The zero-order chi connectivity index (χ0) is 15.8. The largest absolute Gasteiger partial charge is 0.458 e. The first-order valence-electron chi connectivity index (χ1n) is 7.22. The van der Waals surface area contributed by atoms with Crippen molar-refractivity contribution in [1.82, 2.24) is 15.0 Å². The Hall–Kier alpha value is -2.73. The Morgan fingerprint density at radius 1 is 1.17 bits per heavy atom. The molecule has 23 heavy (non-hydrogen) atoms. The number of rotatable bonds is 3. The molecule has 4 rings (SSSR count). The summed E-state index contributed by atoms with van der Waals surface area (Å²) >= 11 is 1.61. The fourth-order valence-electron chi connectivity index (χ4n) is 2.43. The number of furan rings is 1. The first-order chi connectivity index (χ1) is 11.2. The van der Waals surface area contributed by atoms with E-state index < -0.39 is 0 Å². The van der Waals surface area contributed by atoms with Gasteiger partial charge in [0.25, 0.3) is 0 Å². The van der Waals surface area contributed by atoms with E-state index in [2.05, 4.69) is 15.0 Å². The van der Waals surface area contributed by atoms with E-state index in [-0.39, 0.29) is 0 Å². The lowest BCUT2D eigenvalue weighted by Crippen LogP contribution is -1.95. The normalized spacial score (nSPS) is 11.2. The molecule has 0 fully saturated rings. The number of aryl methyl sites for hydroxylation is 1. The van der Waals surface area contributed by atoms with Gasteiger partial charge in [-0.15, -0.1) is 11.3 Å². The van der Waals surface area contributed by atoms with E-state index in [1.165, 1.54) is 0 Å². The van der Waals surface area contributed by atoms with Crippen LogP contribution in [-0.4, -0.2) is 15.0 Å². The SMILES string of the molecule is Cc1ccc(-c2nc(N)c3cc(Cc4ccccn4)sc3n2)o1. The molecule has 0 radical (unpaired) electrons. The van der Waals surface area contributed by atoms with Gasteiger partial charge in [0.1, 0.15) is 16.4 Å². The zero-order valence-electron chi connectivity index (χ0n) is 12.5. The van der Waals surface area contributed by atoms with Crippen LogP contribution in [0.3, 0.4) is 0 Å². The highest BCUT2D eigenvalue weighted by Crippen LogP contribution is 2.31. The number of anilines is 1. The number of nitrogens with two attached hydrogens (primary N) is 1. The highest BCUT2D eigenvalue weighted by atomic mass is 32.1. The van der Waals surface area contributed by atoms with Gasteiger partial charge >= 0.3 is 0 Å². The molecular formula is C17H14N4OS. The fraction of sp³-hybridized carbons (Fsp3) is 0.118. The van der Waals surface area contributed by atoms with Crippen LogP contribution in [0.25, 0.3) is 21.8 Å². The van der Waals surface area contributed by atoms with Crippen LogP contribution in [0.4, 0.5) is 5.82 Å². The van der Waals surface area contributed by atoms with E-state index >= 15 is 0 Å². The molecule has 0 atom stereocenters. The van der Waals surface area contributed by atoms with Gasteiger partial charge in [0.15, 0.2) is 11.6 Å². The van der Waals surface area contributed by atoms with Gasteiger partial charge in [-0.25, -0.2) is 9.97 Å². The lowest BCUT2D eigenvalue weighted by atomic mass is 10.2. The predicted octanol–water partition coefficient (Wildman–Crippen LogP) is 3.83. The molecule has 5 nitrogen and oxygen atoms in total. The molecule has 114 valence electrons. The average Bonchev–Trinajstić information content (AvgIpc) is 3.14. The topological polar surface area (TPSA) is 77.8 Å². The Kier molecular flexibility index (Phi) is 3.31. The summed E-state index contributed by atoms with van der Waals surface area (Å²) in [6, 6.07) is 11.7. The Morgan fingerprint density at radius 3 is 2.83 bits per heavy atom. The minimum Gasteiger partial charge on any atom is -0.458 e. The molecule has 6 heteroatoms. The van der Waals surface area contributed by atoms with Crippen molar-refractivity contribution in [2.24, 2.45) is 0 Å². The van der Waals surface area contributed by atoms with Gasteiger partial charge in [0.2, 0.25) is 0 Å². The molecule has 0 bridgehead atoms. The van der Waals surface area contributed by atoms with Crippen molar-refractivity contribution in [3.05, 3.63) is 58.9 Å². The summed E-state index contributed by atoms with van der Waals surface area (Å²) in [5, 5.41) is 0.882. The van der Waals surface area contributed by atoms with Crippen molar-refractivity contribution in [1.29, 1.82) is 0 Å². The third-order valence-corrected chi connectivity index (χ3v) is 4.54. The standard InChI is InChI=1S/C17H14N4OS/c1-10-5-6-14(22-10)16-20-15(18)13-9-12(23-17(13)21-16)8-11-4-2-3-7-19-11/h2-7,9H,8H2,1H3,(H2,18,20,21). The van der Waals surface area contributed by atoms with Crippen LogP contribution in [0.1, 0.15) is 16.3 Å². The molecule has 4 aromatic rings. The monoisotopic (exact) mass is 322 g/mol. The summed E-state index contributed by atoms with van der Waals surface area (Å²) in [5.41, 5.74) is 7.13. The molecule has 0 aliphatic carbocycles. The number of pyridine rings is 1. The maximum absolute atomic E-state index is 6.11. The van der Waals surface area contributed by atoms with Crippen molar-refractivity contribution < 1.29 is 4.42 Å². The first-order valence-corrected chi connectivity index (χ1v) is 8.03. The summed E-state index contributed by atoms with van der Waals surface area (Å²) < 4.78 is 5.59. The van der Waals surface area contributed by atoms with E-state index in [0.29, 0.717) is 17.4 Å². The number of hydrogen-bond donors (Lipinski definition) is 1. The van der Waals surface area contributed by atoms with E-state index in [1.807, 2.05) is 43.3 Å². The van der Waals surface area contributed by atoms with E-state index in [0.717, 1.165) is 33.0 Å². The average molecular weight is 322 g/mol. The maximum Gasteiger partial charge on any atom is 0.199 e. The van der Waals surface area contributed by atoms with Crippen LogP contribution in [0.2, 0.25) is 0 Å². The van der Waals surface area contributed by atoms with Crippen molar-refractivity contribution >= 4 is 27.4 Å². The minimum atomic E-state index is 0.475. The molecule has 0 amide bonds. The number of fused-ring (bicyclic) bond motifs is 1. The molecule has 0 aromatic carbocycles. The molecule has 4 aromatic heterocycles. The van der Waals surface area contributed by atoms with Gasteiger partial charge in [-0.1, -0.05) is 6.07 Å². The van der Waals surface area contributed by atoms with Crippen LogP contribution in [0.5, 0.6) is 0 Å². The Labute approximate surface area is 136 Å². The maximum atomic E-state index is 6.11. The van der Waals surface area contributed by atoms with E-state index in [1.54, 1.807) is 17.5 Å². The van der Waals surface area contributed by atoms with Gasteiger partial charge in [-0.05, 0) is 37.3 Å². The number of aromatic nitrogens is 3. The van der Waals surface area contributed by atoms with Crippen LogP contribution >= 0.6 is 11.3 Å². The van der Waals surface area contributed by atoms with Crippen LogP contribution in [0.15, 0.2) is 47.0 Å². The van der Waals surface area contributed by atoms with Crippen LogP contribution in [0, 0.1) is 6.92 Å². The van der Waals surface area contributed by atoms with E-state index in [4.69, 9.17) is 10.2 Å². The van der Waals surface area contributed by atoms with Crippen LogP contribution in [-0.2, 0) is 6.42 Å². The van der Waals surface area contributed by atoms with Crippen LogP contribution < -0.4 is 5.73 Å². The lowest BCUT2D eigenvalue weighted by Gasteiger charge is -1.99. The third kappa shape index (κ3) is 2.68. The lowest BCUT2D eigenvalue weighted by molar-refractivity contribution is 0.544. The summed E-state index contributed by atoms with van der Waals surface area (Å²) in [6.45, 7) is 1.89. The summed E-state index contributed by atoms with van der Waals surface area (Å²) in [7, 11) is 0. The molecule has 0 aliphatic rings. The van der Waals surface area contributed by atoms with E-state index in [9.17, 15) is 0 Å². The van der Waals surface area contributed by atoms with Gasteiger partial charge in [0, 0.05) is 23.2 Å². The smallest absolute Gasteiger partial charge is 0.199 e. The van der Waals surface area contributed by atoms with Gasteiger partial charge < -0.3 is 10.2 Å². The molecule has 0 saturated heterocycles. The summed E-state index contributed by atoms with van der Waals surface area (Å²) in [6.07, 6.45) is 2.56. The number of thiophene rings is 1. The van der Waals surface area contributed by atoms with Gasteiger partial charge in [-0.2, -0.15) is 0 Å². The number of nitrogens with zero attached hydrogens (tertiary/aromatic N) is 3. The molecule has 0 saturated carbocycles. The van der Waals surface area contributed by atoms with Crippen molar-refractivity contribution in [3.63, 3.8) is 0 Å². The van der Waals surface area contributed by atoms with Crippen molar-refractivity contribution in [3.8, 4) is 11.6 Å². The second-order valence-corrected chi connectivity index (χ2v) is 6.39. The predicted molar refractivity (Wildman–Crippen MR) is 91.3 cm³/mol. The molecular weight excluding hydrogens is 308 g/mol. The Bertz CT molecular complexity index is 975. The second-order valence-electron chi connectivity index (χ2n) is 5.27. The number of hydrogen-bond acceptors (Lipinski definition) is 6. The minimum absolute atomic E-state index is 0.475. The molecule has 4 heterocycles. The van der Waals surface area contributed by atoms with Crippen molar-refractivity contribution in [2.75, 3.05) is 5.73 Å². The van der Waals surface area contributed by atoms with Crippen molar-refractivity contribution in [2.45, 2.75) is 13.3 Å². The summed E-state index contributed by atoms with van der Waals surface area (Å²) in [4.78, 5) is 15.4. The Balaban J connectivity index is 1.75. The highest BCUT2D eigenvalue weighted by Gasteiger charge is 2.13. The molecule has 0 unspecified atom stereocenters. The molecule has 0 aliphatic heterocycles.